The number of likely N-dealkylation sites (tertiary alicyclic amines) is 1. The van der Waals surface area contributed by atoms with Gasteiger partial charge < -0.3 is 9.64 Å². The molecule has 0 amide bonds. The molecule has 1 aliphatic rings. The van der Waals surface area contributed by atoms with Gasteiger partial charge in [-0.05, 0) is 38.4 Å². The fourth-order valence-electron chi connectivity index (χ4n) is 2.55. The van der Waals surface area contributed by atoms with Gasteiger partial charge >= 0.3 is 5.97 Å². The number of rotatable bonds is 5. The van der Waals surface area contributed by atoms with Gasteiger partial charge in [0.2, 0.25) is 0 Å². The first-order valence-corrected chi connectivity index (χ1v) is 8.41. The first kappa shape index (κ1) is 15.4. The Morgan fingerprint density at radius 3 is 2.33 bits per heavy atom. The van der Waals surface area contributed by atoms with Gasteiger partial charge in [-0.3, -0.25) is 4.79 Å². The Morgan fingerprint density at radius 1 is 1.39 bits per heavy atom. The Hall–Kier alpha value is -0.620. The van der Waals surface area contributed by atoms with E-state index >= 15 is 0 Å². The normalized spacial score (nSPS) is 20.6. The first-order valence-electron chi connectivity index (χ1n) is 6.35. The molecule has 1 atom stereocenters. The standard InChI is InChI=1S/C12H23NO4S/c1-4-13-7-5-10(6-8-13)11(12(14)17-2)9-18(3,15)16/h10-11H,4-9H2,1-3H3. The van der Waals surface area contributed by atoms with Crippen LogP contribution < -0.4 is 0 Å². The van der Waals surface area contributed by atoms with Crippen LogP contribution in [0.5, 0.6) is 0 Å². The highest BCUT2D eigenvalue weighted by Crippen LogP contribution is 2.27. The number of piperidine rings is 1. The lowest BCUT2D eigenvalue weighted by atomic mass is 9.85. The van der Waals surface area contributed by atoms with Gasteiger partial charge in [0.15, 0.2) is 0 Å². The summed E-state index contributed by atoms with van der Waals surface area (Å²) in [5.41, 5.74) is 0. The summed E-state index contributed by atoms with van der Waals surface area (Å²) in [5.74, 6) is -0.884. The lowest BCUT2D eigenvalue weighted by Gasteiger charge is -2.34. The van der Waals surface area contributed by atoms with Crippen molar-refractivity contribution in [1.82, 2.24) is 4.90 Å². The van der Waals surface area contributed by atoms with Gasteiger partial charge in [0.25, 0.3) is 0 Å². The molecule has 0 bridgehead atoms. The van der Waals surface area contributed by atoms with Crippen LogP contribution in [0.25, 0.3) is 0 Å². The largest absolute Gasteiger partial charge is 0.469 e. The van der Waals surface area contributed by atoms with E-state index in [1.54, 1.807) is 0 Å². The molecule has 0 aromatic heterocycles. The fourth-order valence-corrected chi connectivity index (χ4v) is 3.61. The summed E-state index contributed by atoms with van der Waals surface area (Å²) in [6.07, 6.45) is 2.90. The van der Waals surface area contributed by atoms with Crippen molar-refractivity contribution in [2.45, 2.75) is 19.8 Å². The number of hydrogen-bond acceptors (Lipinski definition) is 5. The predicted octanol–water partition coefficient (Wildman–Crippen LogP) is 0.552. The van der Waals surface area contributed by atoms with Crippen LogP contribution in [0.15, 0.2) is 0 Å². The van der Waals surface area contributed by atoms with Crippen LogP contribution in [0.4, 0.5) is 0 Å². The number of nitrogens with zero attached hydrogens (tertiary/aromatic N) is 1. The van der Waals surface area contributed by atoms with Gasteiger partial charge in [-0.1, -0.05) is 6.92 Å². The van der Waals surface area contributed by atoms with E-state index in [0.717, 1.165) is 32.5 Å². The van der Waals surface area contributed by atoms with Crippen LogP contribution in [0, 0.1) is 11.8 Å². The van der Waals surface area contributed by atoms with Crippen LogP contribution in [0.2, 0.25) is 0 Å². The third-order valence-electron chi connectivity index (χ3n) is 3.63. The molecule has 18 heavy (non-hydrogen) atoms. The van der Waals surface area contributed by atoms with Crippen LogP contribution >= 0.6 is 0 Å². The fraction of sp³-hybridized carbons (Fsp3) is 0.917. The zero-order valence-electron chi connectivity index (χ0n) is 11.4. The highest BCUT2D eigenvalue weighted by atomic mass is 32.2. The molecular weight excluding hydrogens is 254 g/mol. The second kappa shape index (κ2) is 6.52. The average Bonchev–Trinajstić information content (AvgIpc) is 2.34. The number of carbonyl (C=O) groups is 1. The first-order chi connectivity index (χ1) is 8.37. The maximum atomic E-state index is 11.7. The zero-order valence-corrected chi connectivity index (χ0v) is 12.2. The number of ether oxygens (including phenoxy) is 1. The van der Waals surface area contributed by atoms with Crippen LogP contribution in [-0.4, -0.2) is 58.0 Å². The second-order valence-electron chi connectivity index (χ2n) is 4.99. The van der Waals surface area contributed by atoms with Gasteiger partial charge in [-0.2, -0.15) is 0 Å². The third kappa shape index (κ3) is 4.57. The summed E-state index contributed by atoms with van der Waals surface area (Å²) >= 11 is 0. The Kier molecular flexibility index (Phi) is 5.59. The quantitative estimate of drug-likeness (QED) is 0.687. The number of hydrogen-bond donors (Lipinski definition) is 0. The molecule has 0 N–H and O–H groups in total. The van der Waals surface area contributed by atoms with Crippen molar-refractivity contribution in [3.05, 3.63) is 0 Å². The lowest BCUT2D eigenvalue weighted by Crippen LogP contribution is -2.40. The Labute approximate surface area is 109 Å². The molecule has 5 nitrogen and oxygen atoms in total. The molecule has 1 saturated heterocycles. The highest BCUT2D eigenvalue weighted by Gasteiger charge is 2.34. The maximum Gasteiger partial charge on any atom is 0.309 e. The van der Waals surface area contributed by atoms with Crippen LogP contribution in [0.3, 0.4) is 0 Å². The number of esters is 1. The van der Waals surface area contributed by atoms with E-state index in [0.29, 0.717) is 0 Å². The second-order valence-corrected chi connectivity index (χ2v) is 7.18. The molecule has 1 heterocycles. The monoisotopic (exact) mass is 277 g/mol. The van der Waals surface area contributed by atoms with Crippen molar-refractivity contribution < 1.29 is 17.9 Å². The molecule has 1 fully saturated rings. The third-order valence-corrected chi connectivity index (χ3v) is 4.60. The molecular formula is C12H23NO4S. The molecule has 0 aromatic carbocycles. The number of methoxy groups -OCH3 is 1. The van der Waals surface area contributed by atoms with Gasteiger partial charge in [-0.25, -0.2) is 8.42 Å². The molecule has 0 saturated carbocycles. The Balaban J connectivity index is 2.69. The van der Waals surface area contributed by atoms with Gasteiger partial charge in [0.05, 0.1) is 18.8 Å². The molecule has 0 aliphatic carbocycles. The molecule has 1 rings (SSSR count). The van der Waals surface area contributed by atoms with Gasteiger partial charge in [0.1, 0.15) is 9.84 Å². The van der Waals surface area contributed by atoms with Crippen LogP contribution in [-0.2, 0) is 19.4 Å². The van der Waals surface area contributed by atoms with Crippen LogP contribution in [0.1, 0.15) is 19.8 Å². The smallest absolute Gasteiger partial charge is 0.309 e. The van der Waals surface area contributed by atoms with Crippen molar-refractivity contribution in [2.75, 3.05) is 38.8 Å². The summed E-state index contributed by atoms with van der Waals surface area (Å²) in [6, 6.07) is 0. The van der Waals surface area contributed by atoms with E-state index in [1.165, 1.54) is 13.4 Å². The lowest BCUT2D eigenvalue weighted by molar-refractivity contribution is -0.147. The molecule has 1 aliphatic heterocycles. The summed E-state index contributed by atoms with van der Waals surface area (Å²) in [6.45, 7) is 4.97. The minimum absolute atomic E-state index is 0.101. The zero-order chi connectivity index (χ0) is 13.8. The molecule has 0 radical (unpaired) electrons. The van der Waals surface area contributed by atoms with Gasteiger partial charge in [-0.15, -0.1) is 0 Å². The molecule has 6 heteroatoms. The summed E-state index contributed by atoms with van der Waals surface area (Å²) in [4.78, 5) is 14.1. The summed E-state index contributed by atoms with van der Waals surface area (Å²) in [5, 5.41) is 0. The van der Waals surface area contributed by atoms with E-state index in [-0.39, 0.29) is 11.7 Å². The van der Waals surface area contributed by atoms with Crippen molar-refractivity contribution >= 4 is 15.8 Å². The summed E-state index contributed by atoms with van der Waals surface area (Å²) in [7, 11) is -1.84. The number of sulfone groups is 1. The van der Waals surface area contributed by atoms with E-state index in [2.05, 4.69) is 11.8 Å². The minimum Gasteiger partial charge on any atom is -0.469 e. The summed E-state index contributed by atoms with van der Waals surface area (Å²) < 4.78 is 27.6. The number of carbonyl (C=O) groups excluding carboxylic acids is 1. The van der Waals surface area contributed by atoms with Crippen molar-refractivity contribution in [3.63, 3.8) is 0 Å². The SMILES string of the molecule is CCN1CCC(C(CS(C)(=O)=O)C(=O)OC)CC1. The van der Waals surface area contributed by atoms with E-state index in [9.17, 15) is 13.2 Å². The maximum absolute atomic E-state index is 11.7. The Morgan fingerprint density at radius 2 is 1.94 bits per heavy atom. The Bertz CT molecular complexity index is 372. The molecule has 1 unspecified atom stereocenters. The predicted molar refractivity (Wildman–Crippen MR) is 70.1 cm³/mol. The average molecular weight is 277 g/mol. The van der Waals surface area contributed by atoms with E-state index < -0.39 is 21.7 Å². The molecule has 0 aromatic rings. The van der Waals surface area contributed by atoms with Gasteiger partial charge in [0, 0.05) is 6.26 Å². The van der Waals surface area contributed by atoms with Crippen molar-refractivity contribution in [3.8, 4) is 0 Å². The molecule has 0 spiro atoms. The van der Waals surface area contributed by atoms with E-state index in [1.807, 2.05) is 0 Å². The molecule has 106 valence electrons. The van der Waals surface area contributed by atoms with Crippen molar-refractivity contribution in [2.24, 2.45) is 11.8 Å². The van der Waals surface area contributed by atoms with Crippen molar-refractivity contribution in [1.29, 1.82) is 0 Å². The topological polar surface area (TPSA) is 63.7 Å². The minimum atomic E-state index is -3.16. The van der Waals surface area contributed by atoms with E-state index in [4.69, 9.17) is 4.74 Å². The highest BCUT2D eigenvalue weighted by molar-refractivity contribution is 7.90.